The van der Waals surface area contributed by atoms with Crippen LogP contribution in [-0.2, 0) is 24.2 Å². The number of amides is 1. The third-order valence-electron chi connectivity index (χ3n) is 4.94. The monoisotopic (exact) mass is 404 g/mol. The van der Waals surface area contributed by atoms with Crippen LogP contribution >= 0.6 is 0 Å². The molecule has 0 unspecified atom stereocenters. The van der Waals surface area contributed by atoms with Crippen molar-refractivity contribution in [1.82, 2.24) is 15.4 Å². The molecule has 0 fully saturated rings. The van der Waals surface area contributed by atoms with Crippen molar-refractivity contribution in [2.24, 2.45) is 0 Å². The van der Waals surface area contributed by atoms with Crippen LogP contribution in [0.5, 0.6) is 0 Å². The molecule has 1 aliphatic heterocycles. The second-order valence-electron chi connectivity index (χ2n) is 6.93. The molecule has 1 aliphatic rings. The molecule has 30 heavy (non-hydrogen) atoms. The highest BCUT2D eigenvalue weighted by atomic mass is 16.6. The number of hydrogen-bond donors (Lipinski definition) is 2. The summed E-state index contributed by atoms with van der Waals surface area (Å²) in [5.74, 6) is -0.155. The minimum absolute atomic E-state index is 0.0507. The van der Waals surface area contributed by atoms with Gasteiger partial charge in [-0.1, -0.05) is 54.6 Å². The molecule has 2 aromatic carbocycles. The summed E-state index contributed by atoms with van der Waals surface area (Å²) in [6.07, 6.45) is 2.17. The number of rotatable bonds is 6. The van der Waals surface area contributed by atoms with E-state index in [0.717, 1.165) is 17.5 Å². The van der Waals surface area contributed by atoms with Crippen LogP contribution in [0.2, 0.25) is 0 Å². The molecular formula is C21H20N6O3. The highest BCUT2D eigenvalue weighted by Gasteiger charge is 2.29. The first-order chi connectivity index (χ1) is 14.6. The smallest absolute Gasteiger partial charge is 0.346 e. The third-order valence-corrected chi connectivity index (χ3v) is 4.94. The summed E-state index contributed by atoms with van der Waals surface area (Å²) < 4.78 is 0. The third kappa shape index (κ3) is 4.19. The average molecular weight is 404 g/mol. The lowest BCUT2D eigenvalue weighted by Gasteiger charge is -2.29. The van der Waals surface area contributed by atoms with Crippen LogP contribution in [0.15, 0.2) is 60.9 Å². The van der Waals surface area contributed by atoms with Gasteiger partial charge in [-0.25, -0.2) is 9.97 Å². The Morgan fingerprint density at radius 3 is 2.57 bits per heavy atom. The molecule has 1 amide bonds. The Morgan fingerprint density at radius 2 is 1.80 bits per heavy atom. The van der Waals surface area contributed by atoms with Crippen LogP contribution in [0.4, 0.5) is 17.3 Å². The fourth-order valence-corrected chi connectivity index (χ4v) is 3.49. The molecule has 2 N–H and O–H groups in total. The quantitative estimate of drug-likeness (QED) is 0.480. The predicted octanol–water partition coefficient (Wildman–Crippen LogP) is 2.63. The lowest BCUT2D eigenvalue weighted by molar-refractivity contribution is -0.383. The minimum Gasteiger partial charge on any atom is -0.346 e. The van der Waals surface area contributed by atoms with Gasteiger partial charge in [-0.05, 0) is 23.1 Å². The minimum atomic E-state index is -0.526. The maximum Gasteiger partial charge on any atom is 0.355 e. The normalized spacial score (nSPS) is 12.7. The summed E-state index contributed by atoms with van der Waals surface area (Å²) in [6, 6.07) is 17.2. The molecule has 9 nitrogen and oxygen atoms in total. The first-order valence-electron chi connectivity index (χ1n) is 9.51. The number of hydrogen-bond acceptors (Lipinski definition) is 7. The van der Waals surface area contributed by atoms with Crippen molar-refractivity contribution in [3.05, 3.63) is 87.7 Å². The zero-order valence-corrected chi connectivity index (χ0v) is 16.1. The van der Waals surface area contributed by atoms with Gasteiger partial charge < -0.3 is 4.90 Å². The van der Waals surface area contributed by atoms with Gasteiger partial charge >= 0.3 is 5.69 Å². The standard InChI is InChI=1S/C21H20N6O3/c28-18(12-15-6-2-1-3-7-15)24-25-20-19(27(29)30)21(23-14-22-20)26-11-10-16-8-4-5-9-17(16)13-26/h1-9,14H,10-13H2,(H,24,28)(H,22,23,25). The van der Waals surface area contributed by atoms with Gasteiger partial charge in [-0.3, -0.25) is 25.8 Å². The molecular weight excluding hydrogens is 384 g/mol. The topological polar surface area (TPSA) is 113 Å². The lowest BCUT2D eigenvalue weighted by Crippen LogP contribution is -2.33. The number of carbonyl (C=O) groups is 1. The lowest BCUT2D eigenvalue weighted by atomic mass is 10.00. The molecule has 9 heteroatoms. The van der Waals surface area contributed by atoms with Crippen molar-refractivity contribution < 1.29 is 9.72 Å². The van der Waals surface area contributed by atoms with Gasteiger partial charge in [0.1, 0.15) is 6.33 Å². The maximum absolute atomic E-state index is 12.2. The van der Waals surface area contributed by atoms with Crippen LogP contribution in [0.25, 0.3) is 0 Å². The number of nitrogens with one attached hydrogen (secondary N) is 2. The van der Waals surface area contributed by atoms with Crippen molar-refractivity contribution in [3.63, 3.8) is 0 Å². The van der Waals surface area contributed by atoms with Gasteiger partial charge in [0, 0.05) is 13.1 Å². The second kappa shape index (κ2) is 8.56. The van der Waals surface area contributed by atoms with E-state index in [2.05, 4.69) is 26.9 Å². The number of benzene rings is 2. The van der Waals surface area contributed by atoms with E-state index in [4.69, 9.17) is 0 Å². The molecule has 0 aliphatic carbocycles. The van der Waals surface area contributed by atoms with Crippen LogP contribution in [0, 0.1) is 10.1 Å². The van der Waals surface area contributed by atoms with E-state index in [1.54, 1.807) is 0 Å². The molecule has 0 saturated carbocycles. The molecule has 3 aromatic rings. The van der Waals surface area contributed by atoms with E-state index < -0.39 is 4.92 Å². The van der Waals surface area contributed by atoms with Crippen molar-refractivity contribution in [1.29, 1.82) is 0 Å². The number of carbonyl (C=O) groups excluding carboxylic acids is 1. The van der Waals surface area contributed by atoms with E-state index >= 15 is 0 Å². The van der Waals surface area contributed by atoms with Crippen molar-refractivity contribution >= 4 is 23.2 Å². The van der Waals surface area contributed by atoms with E-state index in [-0.39, 0.29) is 29.7 Å². The number of anilines is 2. The Labute approximate surface area is 172 Å². The van der Waals surface area contributed by atoms with Gasteiger partial charge in [0.15, 0.2) is 0 Å². The molecule has 0 spiro atoms. The van der Waals surface area contributed by atoms with Crippen LogP contribution in [0.1, 0.15) is 16.7 Å². The zero-order valence-electron chi connectivity index (χ0n) is 16.1. The van der Waals surface area contributed by atoms with Gasteiger partial charge in [0.25, 0.3) is 0 Å². The van der Waals surface area contributed by atoms with Crippen LogP contribution < -0.4 is 15.8 Å². The van der Waals surface area contributed by atoms with Crippen molar-refractivity contribution in [2.45, 2.75) is 19.4 Å². The fraction of sp³-hybridized carbons (Fsp3) is 0.190. The number of aromatic nitrogens is 2. The molecule has 0 saturated heterocycles. The predicted molar refractivity (Wildman–Crippen MR) is 112 cm³/mol. The van der Waals surface area contributed by atoms with Crippen LogP contribution in [0.3, 0.4) is 0 Å². The number of nitrogens with zero attached hydrogens (tertiary/aromatic N) is 4. The van der Waals surface area contributed by atoms with Gasteiger partial charge in [0.05, 0.1) is 11.3 Å². The van der Waals surface area contributed by atoms with Gasteiger partial charge in [-0.2, -0.15) is 0 Å². The summed E-state index contributed by atoms with van der Waals surface area (Å²) >= 11 is 0. The largest absolute Gasteiger partial charge is 0.355 e. The SMILES string of the molecule is O=C(Cc1ccccc1)NNc1ncnc(N2CCc3ccccc3C2)c1[N+](=O)[O-]. The number of fused-ring (bicyclic) bond motifs is 1. The highest BCUT2D eigenvalue weighted by molar-refractivity contribution is 5.81. The molecule has 1 aromatic heterocycles. The first-order valence-corrected chi connectivity index (χ1v) is 9.51. The van der Waals surface area contributed by atoms with Crippen LogP contribution in [-0.4, -0.2) is 27.3 Å². The first kappa shape index (κ1) is 19.3. The van der Waals surface area contributed by atoms with E-state index in [1.807, 2.05) is 53.4 Å². The Balaban J connectivity index is 1.52. The average Bonchev–Trinajstić information content (AvgIpc) is 2.77. The summed E-state index contributed by atoms with van der Waals surface area (Å²) in [5, 5.41) is 11.8. The Morgan fingerprint density at radius 1 is 1.07 bits per heavy atom. The summed E-state index contributed by atoms with van der Waals surface area (Å²) in [6.45, 7) is 1.13. The Kier molecular flexibility index (Phi) is 5.51. The highest BCUT2D eigenvalue weighted by Crippen LogP contribution is 2.34. The fourth-order valence-electron chi connectivity index (χ4n) is 3.49. The molecule has 0 radical (unpaired) electrons. The van der Waals surface area contributed by atoms with E-state index in [9.17, 15) is 14.9 Å². The Hall–Kier alpha value is -4.01. The summed E-state index contributed by atoms with van der Waals surface area (Å²) in [7, 11) is 0. The molecule has 0 bridgehead atoms. The molecule has 2 heterocycles. The summed E-state index contributed by atoms with van der Waals surface area (Å²) in [5.41, 5.74) is 8.00. The van der Waals surface area contributed by atoms with E-state index in [1.165, 1.54) is 11.9 Å². The van der Waals surface area contributed by atoms with Gasteiger partial charge in [0.2, 0.25) is 17.5 Å². The zero-order chi connectivity index (χ0) is 20.9. The molecule has 152 valence electrons. The van der Waals surface area contributed by atoms with Gasteiger partial charge in [-0.15, -0.1) is 0 Å². The second-order valence-corrected chi connectivity index (χ2v) is 6.93. The molecule has 0 atom stereocenters. The van der Waals surface area contributed by atoms with E-state index in [0.29, 0.717) is 13.1 Å². The number of nitro groups is 1. The maximum atomic E-state index is 12.2. The van der Waals surface area contributed by atoms with Crippen molar-refractivity contribution in [2.75, 3.05) is 16.9 Å². The van der Waals surface area contributed by atoms with Crippen molar-refractivity contribution in [3.8, 4) is 0 Å². The Bertz CT molecular complexity index is 1070. The number of hydrazine groups is 1. The molecule has 4 rings (SSSR count). The summed E-state index contributed by atoms with van der Waals surface area (Å²) in [4.78, 5) is 33.5.